The summed E-state index contributed by atoms with van der Waals surface area (Å²) in [4.78, 5) is 39.0. The molecule has 37 heavy (non-hydrogen) atoms. The highest BCUT2D eigenvalue weighted by Crippen LogP contribution is 2.30. The number of carbonyl (C=O) groups excluding carboxylic acids is 2. The first-order chi connectivity index (χ1) is 17.8. The average molecular weight is 504 g/mol. The van der Waals surface area contributed by atoms with Crippen LogP contribution in [-0.2, 0) is 16.1 Å². The fourth-order valence-corrected chi connectivity index (χ4v) is 4.13. The number of hydrogen-bond donors (Lipinski definition) is 1. The van der Waals surface area contributed by atoms with Crippen molar-refractivity contribution in [3.8, 4) is 17.0 Å². The third-order valence-electron chi connectivity index (χ3n) is 6.12. The highest BCUT2D eigenvalue weighted by Gasteiger charge is 2.18. The van der Waals surface area contributed by atoms with Crippen molar-refractivity contribution >= 4 is 28.7 Å². The number of anilines is 1. The number of ether oxygens (including phenoxy) is 2. The first kappa shape index (κ1) is 25.5. The molecule has 3 aromatic heterocycles. The molecule has 11 nitrogen and oxygen atoms in total. The van der Waals surface area contributed by atoms with Gasteiger partial charge in [0, 0.05) is 55.3 Å². The van der Waals surface area contributed by atoms with Gasteiger partial charge < -0.3 is 19.7 Å². The lowest BCUT2D eigenvalue weighted by molar-refractivity contribution is -0.141. The molecule has 192 valence electrons. The van der Waals surface area contributed by atoms with Crippen LogP contribution in [0.15, 0.2) is 49.1 Å². The van der Waals surface area contributed by atoms with Gasteiger partial charge in [0.25, 0.3) is 5.91 Å². The maximum absolute atomic E-state index is 12.0. The number of nitrogens with one attached hydrogen (secondary N) is 1. The number of pyridine rings is 1. The van der Waals surface area contributed by atoms with Gasteiger partial charge in [-0.05, 0) is 23.8 Å². The summed E-state index contributed by atoms with van der Waals surface area (Å²) in [6.45, 7) is 2.75. The van der Waals surface area contributed by atoms with Crippen molar-refractivity contribution in [3.63, 3.8) is 0 Å². The number of amides is 1. The summed E-state index contributed by atoms with van der Waals surface area (Å²) in [5.41, 5.74) is 3.65. The van der Waals surface area contributed by atoms with Crippen molar-refractivity contribution in [1.29, 1.82) is 0 Å². The normalized spacial score (nSPS) is 11.7. The predicted molar refractivity (Wildman–Crippen MR) is 139 cm³/mol. The Morgan fingerprint density at radius 3 is 2.65 bits per heavy atom. The zero-order chi connectivity index (χ0) is 26.5. The quantitative estimate of drug-likeness (QED) is 0.343. The van der Waals surface area contributed by atoms with E-state index in [4.69, 9.17) is 9.47 Å². The summed E-state index contributed by atoms with van der Waals surface area (Å²) in [7, 11) is 6.50. The van der Waals surface area contributed by atoms with Crippen molar-refractivity contribution in [3.05, 3.63) is 60.2 Å². The Morgan fingerprint density at radius 1 is 1.11 bits per heavy atom. The second-order valence-corrected chi connectivity index (χ2v) is 8.59. The molecule has 0 saturated heterocycles. The minimum atomic E-state index is -0.395. The third-order valence-corrected chi connectivity index (χ3v) is 6.12. The Kier molecular flexibility index (Phi) is 7.61. The monoisotopic (exact) mass is 503 g/mol. The van der Waals surface area contributed by atoms with E-state index in [-0.39, 0.29) is 18.4 Å². The summed E-state index contributed by atoms with van der Waals surface area (Å²) in [5, 5.41) is 7.66. The van der Waals surface area contributed by atoms with Crippen LogP contribution < -0.4 is 15.0 Å². The molecule has 1 amide bonds. The van der Waals surface area contributed by atoms with E-state index >= 15 is 0 Å². The van der Waals surface area contributed by atoms with Crippen LogP contribution in [0.5, 0.6) is 5.75 Å². The molecule has 0 saturated carbocycles. The number of rotatable bonds is 9. The van der Waals surface area contributed by atoms with Gasteiger partial charge in [-0.3, -0.25) is 9.59 Å². The Morgan fingerprint density at radius 2 is 1.92 bits per heavy atom. The fraction of sp³-hybridized carbons (Fsp3) is 0.308. The van der Waals surface area contributed by atoms with Gasteiger partial charge in [0.1, 0.15) is 24.4 Å². The number of aromatic nitrogens is 5. The molecular formula is C26H29N7O4. The lowest BCUT2D eigenvalue weighted by Crippen LogP contribution is -2.24. The van der Waals surface area contributed by atoms with E-state index in [9.17, 15) is 9.59 Å². The molecule has 0 aliphatic carbocycles. The molecular weight excluding hydrogens is 474 g/mol. The Hall–Kier alpha value is -4.54. The van der Waals surface area contributed by atoms with E-state index < -0.39 is 5.97 Å². The van der Waals surface area contributed by atoms with Gasteiger partial charge in [0.05, 0.1) is 26.1 Å². The number of methoxy groups -OCH3 is 2. The molecule has 1 unspecified atom stereocenters. The van der Waals surface area contributed by atoms with Crippen LogP contribution in [0.4, 0.5) is 5.82 Å². The zero-order valence-electron chi connectivity index (χ0n) is 21.4. The van der Waals surface area contributed by atoms with E-state index in [0.29, 0.717) is 29.2 Å². The van der Waals surface area contributed by atoms with Crippen LogP contribution in [0.2, 0.25) is 0 Å². The van der Waals surface area contributed by atoms with Gasteiger partial charge in [-0.25, -0.2) is 19.6 Å². The topological polar surface area (TPSA) is 124 Å². The number of esters is 1. The molecule has 1 atom stereocenters. The number of nitrogens with zero attached hydrogens (tertiary/aromatic N) is 6. The van der Waals surface area contributed by atoms with Crippen LogP contribution in [0, 0.1) is 0 Å². The third kappa shape index (κ3) is 5.50. The highest BCUT2D eigenvalue weighted by atomic mass is 16.5. The summed E-state index contributed by atoms with van der Waals surface area (Å²) in [6, 6.07) is 9.31. The maximum Gasteiger partial charge on any atom is 0.327 e. The van der Waals surface area contributed by atoms with E-state index in [0.717, 1.165) is 22.3 Å². The molecule has 0 fully saturated rings. The van der Waals surface area contributed by atoms with Gasteiger partial charge in [-0.2, -0.15) is 5.10 Å². The number of benzene rings is 1. The smallest absolute Gasteiger partial charge is 0.327 e. The first-order valence-electron chi connectivity index (χ1n) is 11.7. The van der Waals surface area contributed by atoms with Crippen LogP contribution in [0.25, 0.3) is 22.3 Å². The average Bonchev–Trinajstić information content (AvgIpc) is 3.33. The molecule has 1 aromatic carbocycles. The van der Waals surface area contributed by atoms with Crippen molar-refractivity contribution in [2.24, 2.45) is 0 Å². The standard InChI is InChI=1S/C26H29N7O4/c1-16(20-7-6-17(26(35)27-2)9-22(20)36-4)13-32(3)23-10-21(29-15-30-23)18-8-19-12-31-33(14-24(34)37-5)25(19)28-11-18/h6-12,15-16H,13-14H2,1-5H3,(H,27,35). The number of carbonyl (C=O) groups is 2. The lowest BCUT2D eigenvalue weighted by Gasteiger charge is -2.24. The second kappa shape index (κ2) is 11.0. The summed E-state index contributed by atoms with van der Waals surface area (Å²) in [5.74, 6) is 0.952. The van der Waals surface area contributed by atoms with Gasteiger partial charge in [-0.15, -0.1) is 0 Å². The van der Waals surface area contributed by atoms with E-state index in [2.05, 4.69) is 32.3 Å². The molecule has 4 aromatic rings. The molecule has 1 N–H and O–H groups in total. The van der Waals surface area contributed by atoms with Gasteiger partial charge in [-0.1, -0.05) is 13.0 Å². The van der Waals surface area contributed by atoms with E-state index in [1.807, 2.05) is 30.1 Å². The molecule has 0 radical (unpaired) electrons. The molecule has 0 bridgehead atoms. The maximum atomic E-state index is 12.0. The lowest BCUT2D eigenvalue weighted by atomic mass is 9.97. The predicted octanol–water partition coefficient (Wildman–Crippen LogP) is 2.67. The Bertz CT molecular complexity index is 1440. The summed E-state index contributed by atoms with van der Waals surface area (Å²) < 4.78 is 11.8. The molecule has 11 heteroatoms. The van der Waals surface area contributed by atoms with Gasteiger partial charge in [0.15, 0.2) is 5.65 Å². The van der Waals surface area contributed by atoms with Crippen LogP contribution in [-0.4, -0.2) is 71.5 Å². The van der Waals surface area contributed by atoms with Crippen molar-refractivity contribution in [2.75, 3.05) is 39.8 Å². The number of hydrogen-bond acceptors (Lipinski definition) is 9. The largest absolute Gasteiger partial charge is 0.496 e. The van der Waals surface area contributed by atoms with Crippen molar-refractivity contribution < 1.29 is 19.1 Å². The Labute approximate surface area is 214 Å². The van der Waals surface area contributed by atoms with E-state index in [1.54, 1.807) is 38.7 Å². The molecule has 0 aliphatic heterocycles. The SMILES string of the molecule is CNC(=O)c1ccc(C(C)CN(C)c2cc(-c3cnc4c(cnn4CC(=O)OC)c3)ncn2)c(OC)c1. The number of likely N-dealkylation sites (N-methyl/N-ethyl adjacent to an activating group) is 1. The molecule has 4 rings (SSSR count). The minimum Gasteiger partial charge on any atom is -0.496 e. The Balaban J connectivity index is 1.53. The highest BCUT2D eigenvalue weighted by molar-refractivity contribution is 5.94. The number of fused-ring (bicyclic) bond motifs is 1. The molecule has 0 spiro atoms. The fourth-order valence-electron chi connectivity index (χ4n) is 4.13. The second-order valence-electron chi connectivity index (χ2n) is 8.59. The van der Waals surface area contributed by atoms with Crippen molar-refractivity contribution in [1.82, 2.24) is 30.0 Å². The molecule has 3 heterocycles. The van der Waals surface area contributed by atoms with Crippen LogP contribution in [0.1, 0.15) is 28.8 Å². The van der Waals surface area contributed by atoms with Gasteiger partial charge in [0.2, 0.25) is 0 Å². The van der Waals surface area contributed by atoms with Crippen molar-refractivity contribution in [2.45, 2.75) is 19.4 Å². The van der Waals surface area contributed by atoms with E-state index in [1.165, 1.54) is 18.1 Å². The van der Waals surface area contributed by atoms with Crippen LogP contribution >= 0.6 is 0 Å². The summed E-state index contributed by atoms with van der Waals surface area (Å²) in [6.07, 6.45) is 4.88. The van der Waals surface area contributed by atoms with Crippen LogP contribution in [0.3, 0.4) is 0 Å². The first-order valence-corrected chi connectivity index (χ1v) is 11.7. The zero-order valence-corrected chi connectivity index (χ0v) is 21.4. The van der Waals surface area contributed by atoms with Gasteiger partial charge >= 0.3 is 5.97 Å². The molecule has 0 aliphatic rings. The minimum absolute atomic E-state index is 0.00765. The summed E-state index contributed by atoms with van der Waals surface area (Å²) >= 11 is 0.